The second-order valence-electron chi connectivity index (χ2n) is 15.4. The number of rotatable bonds is 4. The molecule has 0 saturated heterocycles. The van der Waals surface area contributed by atoms with Crippen LogP contribution in [0, 0.1) is 0 Å². The monoisotopic (exact) mass is 738 g/mol. The van der Waals surface area contributed by atoms with Crippen LogP contribution in [0.2, 0.25) is 0 Å². The Morgan fingerprint density at radius 3 is 1.67 bits per heavy atom. The normalized spacial score (nSPS) is 12.1. The lowest BCUT2D eigenvalue weighted by Gasteiger charge is -2.12. The van der Waals surface area contributed by atoms with Crippen molar-refractivity contribution in [3.8, 4) is 28.2 Å². The quantitative estimate of drug-likeness (QED) is 0.186. The van der Waals surface area contributed by atoms with Crippen LogP contribution in [0.15, 0.2) is 200 Å². The lowest BCUT2D eigenvalue weighted by Crippen LogP contribution is -1.97. The first-order chi connectivity index (χ1) is 28.8. The highest BCUT2D eigenvalue weighted by Crippen LogP contribution is 2.43. The molecule has 270 valence electrons. The maximum Gasteiger partial charge on any atom is 0.0562 e. The van der Waals surface area contributed by atoms with Gasteiger partial charge in [-0.1, -0.05) is 121 Å². The topological polar surface area (TPSA) is 30.6 Å². The first kappa shape index (κ1) is 31.4. The SMILES string of the molecule is c1ccc(-n2c3ccccc3c3cc(-n4c5ccccc5c5c(-n6c7ccccc7c7cc(-c8cccc9c8[nH]c8ccccc89)ccc76)cccc54)ccc32)cc1. The van der Waals surface area contributed by atoms with Crippen molar-refractivity contribution in [3.05, 3.63) is 200 Å². The third kappa shape index (κ3) is 4.29. The molecule has 0 bridgehead atoms. The minimum absolute atomic E-state index is 1.14. The third-order valence-corrected chi connectivity index (χ3v) is 12.4. The van der Waals surface area contributed by atoms with E-state index in [0.29, 0.717) is 0 Å². The fourth-order valence-electron chi connectivity index (χ4n) is 9.93. The van der Waals surface area contributed by atoms with Crippen LogP contribution in [0.1, 0.15) is 0 Å². The molecule has 4 heteroatoms. The molecule has 58 heavy (non-hydrogen) atoms. The molecule has 13 aromatic rings. The van der Waals surface area contributed by atoms with E-state index in [-0.39, 0.29) is 0 Å². The molecule has 4 aromatic heterocycles. The van der Waals surface area contributed by atoms with Gasteiger partial charge in [-0.3, -0.25) is 0 Å². The number of aromatic amines is 1. The van der Waals surface area contributed by atoms with Gasteiger partial charge in [0.2, 0.25) is 0 Å². The molecule has 0 atom stereocenters. The van der Waals surface area contributed by atoms with Gasteiger partial charge in [0.05, 0.1) is 44.3 Å². The van der Waals surface area contributed by atoms with Crippen LogP contribution in [-0.2, 0) is 0 Å². The molecule has 0 aliphatic rings. The van der Waals surface area contributed by atoms with Crippen LogP contribution in [0.4, 0.5) is 0 Å². The molecule has 0 amide bonds. The van der Waals surface area contributed by atoms with Crippen molar-refractivity contribution >= 4 is 87.2 Å². The number of hydrogen-bond donors (Lipinski definition) is 1. The Hall–Kier alpha value is -7.82. The van der Waals surface area contributed by atoms with Crippen LogP contribution in [0.3, 0.4) is 0 Å². The number of hydrogen-bond acceptors (Lipinski definition) is 0. The molecule has 0 spiro atoms. The smallest absolute Gasteiger partial charge is 0.0562 e. The fourth-order valence-corrected chi connectivity index (χ4v) is 9.93. The molecular weight excluding hydrogens is 705 g/mol. The van der Waals surface area contributed by atoms with E-state index in [9.17, 15) is 0 Å². The van der Waals surface area contributed by atoms with Gasteiger partial charge >= 0.3 is 0 Å². The Kier molecular flexibility index (Phi) is 6.41. The zero-order valence-corrected chi connectivity index (χ0v) is 31.4. The molecule has 0 aliphatic carbocycles. The Morgan fingerprint density at radius 2 is 0.862 bits per heavy atom. The Morgan fingerprint density at radius 1 is 0.310 bits per heavy atom. The molecular formula is C54H34N4. The standard InChI is InChI=1S/C54H34N4/c1-2-14-35(15-3-1)56-46-23-9-5-18-40(46)44-33-36(29-31-49(44)56)57-48-25-11-7-19-42(48)53-51(57)26-13-27-52(53)58-47-24-10-6-17-39(47)43-32-34(28-30-50(43)58)37-20-12-21-41-38-16-4-8-22-45(38)55-54(37)41/h1-33,55H. The number of aromatic nitrogens is 4. The lowest BCUT2D eigenvalue weighted by molar-refractivity contribution is 1.16. The summed E-state index contributed by atoms with van der Waals surface area (Å²) < 4.78 is 7.32. The number of nitrogens with zero attached hydrogens (tertiary/aromatic N) is 3. The first-order valence-corrected chi connectivity index (χ1v) is 19.9. The summed E-state index contributed by atoms with van der Waals surface area (Å²) in [5.74, 6) is 0. The fraction of sp³-hybridized carbons (Fsp3) is 0. The van der Waals surface area contributed by atoms with Crippen molar-refractivity contribution in [1.82, 2.24) is 18.7 Å². The van der Waals surface area contributed by atoms with E-state index in [0.717, 1.165) is 16.9 Å². The van der Waals surface area contributed by atoms with Crippen LogP contribution in [-0.4, -0.2) is 18.7 Å². The molecule has 0 aliphatic heterocycles. The Balaban J connectivity index is 1.05. The van der Waals surface area contributed by atoms with Crippen LogP contribution in [0.5, 0.6) is 0 Å². The van der Waals surface area contributed by atoms with E-state index in [4.69, 9.17) is 0 Å². The molecule has 9 aromatic carbocycles. The van der Waals surface area contributed by atoms with Gasteiger partial charge in [0.25, 0.3) is 0 Å². The van der Waals surface area contributed by atoms with E-state index in [1.54, 1.807) is 0 Å². The minimum atomic E-state index is 1.14. The average Bonchev–Trinajstić information content (AvgIpc) is 4.03. The maximum atomic E-state index is 3.73. The average molecular weight is 739 g/mol. The van der Waals surface area contributed by atoms with Gasteiger partial charge in [0.15, 0.2) is 0 Å². The van der Waals surface area contributed by atoms with Gasteiger partial charge in [0, 0.05) is 65.5 Å². The Labute approximate surface area is 333 Å². The van der Waals surface area contributed by atoms with Crippen molar-refractivity contribution in [2.45, 2.75) is 0 Å². The molecule has 0 unspecified atom stereocenters. The summed E-state index contributed by atoms with van der Waals surface area (Å²) in [7, 11) is 0. The molecule has 1 N–H and O–H groups in total. The third-order valence-electron chi connectivity index (χ3n) is 12.4. The van der Waals surface area contributed by atoms with Crippen LogP contribution < -0.4 is 0 Å². The number of para-hydroxylation sites is 6. The van der Waals surface area contributed by atoms with E-state index < -0.39 is 0 Å². The Bertz CT molecular complexity index is 3800. The zero-order chi connectivity index (χ0) is 37.9. The summed E-state index contributed by atoms with van der Waals surface area (Å²) in [6.45, 7) is 0. The second-order valence-corrected chi connectivity index (χ2v) is 15.4. The minimum Gasteiger partial charge on any atom is -0.354 e. The van der Waals surface area contributed by atoms with E-state index in [1.165, 1.54) is 98.5 Å². The second kappa shape index (κ2) is 11.8. The summed E-state index contributed by atoms with van der Waals surface area (Å²) in [4.78, 5) is 3.73. The molecule has 13 rings (SSSR count). The largest absolute Gasteiger partial charge is 0.354 e. The number of benzene rings is 9. The summed E-state index contributed by atoms with van der Waals surface area (Å²) in [5.41, 5.74) is 15.4. The summed E-state index contributed by atoms with van der Waals surface area (Å²) in [5, 5.41) is 9.93. The van der Waals surface area contributed by atoms with Crippen molar-refractivity contribution in [1.29, 1.82) is 0 Å². The molecule has 0 saturated carbocycles. The molecule has 0 fully saturated rings. The van der Waals surface area contributed by atoms with Crippen LogP contribution in [0.25, 0.3) is 115 Å². The molecule has 0 radical (unpaired) electrons. The van der Waals surface area contributed by atoms with Crippen molar-refractivity contribution in [3.63, 3.8) is 0 Å². The predicted molar refractivity (Wildman–Crippen MR) is 244 cm³/mol. The molecule has 4 heterocycles. The highest BCUT2D eigenvalue weighted by Gasteiger charge is 2.21. The van der Waals surface area contributed by atoms with Gasteiger partial charge in [-0.2, -0.15) is 0 Å². The summed E-state index contributed by atoms with van der Waals surface area (Å²) >= 11 is 0. The van der Waals surface area contributed by atoms with Crippen molar-refractivity contribution < 1.29 is 0 Å². The highest BCUT2D eigenvalue weighted by molar-refractivity contribution is 6.18. The van der Waals surface area contributed by atoms with Gasteiger partial charge in [-0.15, -0.1) is 0 Å². The summed E-state index contributed by atoms with van der Waals surface area (Å²) in [6, 6.07) is 73.2. The number of fused-ring (bicyclic) bond motifs is 12. The van der Waals surface area contributed by atoms with Gasteiger partial charge in [0.1, 0.15) is 0 Å². The van der Waals surface area contributed by atoms with Crippen molar-refractivity contribution in [2.75, 3.05) is 0 Å². The van der Waals surface area contributed by atoms with E-state index in [1.807, 2.05) is 0 Å². The van der Waals surface area contributed by atoms with Crippen LogP contribution >= 0.6 is 0 Å². The molecule has 4 nitrogen and oxygen atoms in total. The van der Waals surface area contributed by atoms with Gasteiger partial charge in [-0.25, -0.2) is 0 Å². The summed E-state index contributed by atoms with van der Waals surface area (Å²) in [6.07, 6.45) is 0. The van der Waals surface area contributed by atoms with Crippen molar-refractivity contribution in [2.24, 2.45) is 0 Å². The predicted octanol–water partition coefficient (Wildman–Crippen LogP) is 14.3. The lowest BCUT2D eigenvalue weighted by atomic mass is 10.00. The zero-order valence-electron chi connectivity index (χ0n) is 31.4. The highest BCUT2D eigenvalue weighted by atomic mass is 15.0. The van der Waals surface area contributed by atoms with Gasteiger partial charge < -0.3 is 18.7 Å². The van der Waals surface area contributed by atoms with Gasteiger partial charge in [-0.05, 0) is 84.4 Å². The number of H-pyrrole nitrogens is 1. The number of nitrogens with one attached hydrogen (secondary N) is 1. The van der Waals surface area contributed by atoms with E-state index in [2.05, 4.69) is 219 Å². The van der Waals surface area contributed by atoms with E-state index >= 15 is 0 Å². The maximum absolute atomic E-state index is 3.73. The first-order valence-electron chi connectivity index (χ1n) is 19.9.